The fourth-order valence-electron chi connectivity index (χ4n) is 4.43. The Balaban J connectivity index is 1.36. The second-order valence-electron chi connectivity index (χ2n) is 9.47. The zero-order chi connectivity index (χ0) is 28.8. The summed E-state index contributed by atoms with van der Waals surface area (Å²) < 4.78 is 5.49. The topological polar surface area (TPSA) is 87.7 Å². The zero-order valence-corrected chi connectivity index (χ0v) is 23.5. The van der Waals surface area contributed by atoms with Crippen LogP contribution in [0.15, 0.2) is 119 Å². The van der Waals surface area contributed by atoms with Crippen LogP contribution in [0.5, 0.6) is 5.75 Å². The highest BCUT2D eigenvalue weighted by Gasteiger charge is 2.40. The standard InChI is InChI=1S/C33H29N3O4S/c1-22-13-19-28(40-2)27(21-22)35-30-31(33(39)36(32(30)38)25-11-7-4-8-12-25)41-26-17-15-24(16-18-26)34-29(37)20-14-23-9-5-3-6-10-23/h3-13,15-19,21,35H,14,20H2,1-2H3,(H,34,37). The summed E-state index contributed by atoms with van der Waals surface area (Å²) in [4.78, 5) is 41.9. The molecular weight excluding hydrogens is 534 g/mol. The van der Waals surface area contributed by atoms with Gasteiger partial charge in [-0.05, 0) is 73.0 Å². The molecule has 4 aromatic rings. The first-order chi connectivity index (χ1) is 19.9. The molecule has 206 valence electrons. The molecule has 4 aromatic carbocycles. The molecule has 0 radical (unpaired) electrons. The maximum Gasteiger partial charge on any atom is 0.283 e. The van der Waals surface area contributed by atoms with Crippen LogP contribution in [0, 0.1) is 6.92 Å². The third kappa shape index (κ3) is 6.50. The van der Waals surface area contributed by atoms with Gasteiger partial charge in [0.25, 0.3) is 11.8 Å². The molecule has 3 amide bonds. The minimum absolute atomic E-state index is 0.0781. The molecule has 0 fully saturated rings. The summed E-state index contributed by atoms with van der Waals surface area (Å²) >= 11 is 1.19. The van der Waals surface area contributed by atoms with Gasteiger partial charge in [-0.15, -0.1) is 0 Å². The number of hydrogen-bond acceptors (Lipinski definition) is 6. The van der Waals surface area contributed by atoms with Gasteiger partial charge in [0.15, 0.2) is 0 Å². The molecule has 2 N–H and O–H groups in total. The Hall–Kier alpha value is -4.82. The van der Waals surface area contributed by atoms with Crippen LogP contribution in [0.3, 0.4) is 0 Å². The predicted molar refractivity (Wildman–Crippen MR) is 163 cm³/mol. The van der Waals surface area contributed by atoms with Crippen LogP contribution in [0.4, 0.5) is 17.1 Å². The van der Waals surface area contributed by atoms with Crippen LogP contribution in [0.2, 0.25) is 0 Å². The molecule has 0 unspecified atom stereocenters. The van der Waals surface area contributed by atoms with Crippen molar-refractivity contribution in [2.45, 2.75) is 24.7 Å². The van der Waals surface area contributed by atoms with Crippen molar-refractivity contribution in [3.8, 4) is 5.75 Å². The first kappa shape index (κ1) is 27.7. The van der Waals surface area contributed by atoms with Crippen molar-refractivity contribution in [1.29, 1.82) is 0 Å². The molecule has 8 heteroatoms. The average molecular weight is 564 g/mol. The predicted octanol–water partition coefficient (Wildman–Crippen LogP) is 6.56. The van der Waals surface area contributed by atoms with E-state index in [-0.39, 0.29) is 16.5 Å². The number of carbonyl (C=O) groups excluding carboxylic acids is 3. The smallest absolute Gasteiger partial charge is 0.283 e. The maximum absolute atomic E-state index is 13.6. The van der Waals surface area contributed by atoms with E-state index >= 15 is 0 Å². The second-order valence-corrected chi connectivity index (χ2v) is 10.6. The molecule has 7 nitrogen and oxygen atoms in total. The van der Waals surface area contributed by atoms with Crippen molar-refractivity contribution in [3.05, 3.63) is 125 Å². The molecule has 0 saturated heterocycles. The lowest BCUT2D eigenvalue weighted by molar-refractivity contribution is -0.120. The van der Waals surface area contributed by atoms with Crippen LogP contribution in [0.25, 0.3) is 0 Å². The molecule has 0 aromatic heterocycles. The lowest BCUT2D eigenvalue weighted by atomic mass is 10.1. The van der Waals surface area contributed by atoms with Gasteiger partial charge < -0.3 is 15.4 Å². The van der Waals surface area contributed by atoms with Gasteiger partial charge in [-0.25, -0.2) is 4.90 Å². The highest BCUT2D eigenvalue weighted by atomic mass is 32.2. The molecule has 1 heterocycles. The van der Waals surface area contributed by atoms with Gasteiger partial charge in [0.2, 0.25) is 5.91 Å². The number of rotatable bonds is 10. The number of carbonyl (C=O) groups is 3. The number of hydrogen-bond donors (Lipinski definition) is 2. The molecule has 1 aliphatic rings. The molecule has 5 rings (SSSR count). The largest absolute Gasteiger partial charge is 0.495 e. The Morgan fingerprint density at radius 2 is 1.54 bits per heavy atom. The minimum Gasteiger partial charge on any atom is -0.495 e. The quantitative estimate of drug-likeness (QED) is 0.212. The van der Waals surface area contributed by atoms with E-state index in [2.05, 4.69) is 10.6 Å². The van der Waals surface area contributed by atoms with Crippen molar-refractivity contribution < 1.29 is 19.1 Å². The van der Waals surface area contributed by atoms with E-state index in [0.717, 1.165) is 16.0 Å². The highest BCUT2D eigenvalue weighted by Crippen LogP contribution is 2.39. The highest BCUT2D eigenvalue weighted by molar-refractivity contribution is 8.04. The summed E-state index contributed by atoms with van der Waals surface area (Å²) in [5, 5.41) is 6.10. The molecule has 1 aliphatic heterocycles. The van der Waals surface area contributed by atoms with E-state index < -0.39 is 11.8 Å². The van der Waals surface area contributed by atoms with Gasteiger partial charge in [-0.1, -0.05) is 66.4 Å². The van der Waals surface area contributed by atoms with Crippen molar-refractivity contribution in [2.24, 2.45) is 0 Å². The number of nitrogens with one attached hydrogen (secondary N) is 2. The van der Waals surface area contributed by atoms with Gasteiger partial charge >= 0.3 is 0 Å². The fraction of sp³-hybridized carbons (Fsp3) is 0.121. The Morgan fingerprint density at radius 3 is 2.22 bits per heavy atom. The summed E-state index contributed by atoms with van der Waals surface area (Å²) in [6.45, 7) is 1.94. The Labute approximate surface area is 243 Å². The number of nitrogens with zero attached hydrogens (tertiary/aromatic N) is 1. The molecule has 0 saturated carbocycles. The van der Waals surface area contributed by atoms with Gasteiger partial charge in [0.05, 0.1) is 18.5 Å². The summed E-state index contributed by atoms with van der Waals surface area (Å²) in [6, 6.07) is 31.5. The number of aryl methyl sites for hydroxylation is 2. The van der Waals surface area contributed by atoms with E-state index in [4.69, 9.17) is 4.74 Å². The maximum atomic E-state index is 13.6. The van der Waals surface area contributed by atoms with Crippen molar-refractivity contribution in [1.82, 2.24) is 0 Å². The average Bonchev–Trinajstić information content (AvgIpc) is 3.22. The number of thioether (sulfide) groups is 1. The van der Waals surface area contributed by atoms with E-state index in [9.17, 15) is 14.4 Å². The van der Waals surface area contributed by atoms with Crippen LogP contribution >= 0.6 is 11.8 Å². The zero-order valence-electron chi connectivity index (χ0n) is 22.7. The van der Waals surface area contributed by atoms with Crippen molar-refractivity contribution in [2.75, 3.05) is 22.6 Å². The Kier molecular flexibility index (Phi) is 8.50. The van der Waals surface area contributed by atoms with Gasteiger partial charge in [-0.2, -0.15) is 0 Å². The number of benzene rings is 4. The minimum atomic E-state index is -0.449. The van der Waals surface area contributed by atoms with Crippen LogP contribution in [-0.2, 0) is 20.8 Å². The van der Waals surface area contributed by atoms with E-state index in [0.29, 0.717) is 35.7 Å². The Morgan fingerprint density at radius 1 is 0.854 bits per heavy atom. The lowest BCUT2D eigenvalue weighted by Crippen LogP contribution is -2.32. The van der Waals surface area contributed by atoms with E-state index in [1.807, 2.05) is 73.7 Å². The first-order valence-electron chi connectivity index (χ1n) is 13.1. The number of anilines is 3. The lowest BCUT2D eigenvalue weighted by Gasteiger charge is -2.16. The van der Waals surface area contributed by atoms with Crippen LogP contribution in [0.1, 0.15) is 17.5 Å². The van der Waals surface area contributed by atoms with E-state index in [1.54, 1.807) is 43.5 Å². The summed E-state index contributed by atoms with van der Waals surface area (Å²) in [5.74, 6) is -0.392. The fourth-order valence-corrected chi connectivity index (χ4v) is 5.36. The van der Waals surface area contributed by atoms with Gasteiger partial charge in [0, 0.05) is 17.0 Å². The summed E-state index contributed by atoms with van der Waals surface area (Å²) in [7, 11) is 1.56. The second kappa shape index (κ2) is 12.6. The summed E-state index contributed by atoms with van der Waals surface area (Å²) in [6.07, 6.45) is 1.03. The third-order valence-corrected chi connectivity index (χ3v) is 7.60. The summed E-state index contributed by atoms with van der Waals surface area (Å²) in [5.41, 5.74) is 3.99. The van der Waals surface area contributed by atoms with Gasteiger partial charge in [-0.3, -0.25) is 14.4 Å². The molecule has 0 bridgehead atoms. The number of para-hydroxylation sites is 1. The molecule has 0 aliphatic carbocycles. The molecular formula is C33H29N3O4S. The molecule has 0 spiro atoms. The van der Waals surface area contributed by atoms with Gasteiger partial charge in [0.1, 0.15) is 16.4 Å². The van der Waals surface area contributed by atoms with Crippen molar-refractivity contribution >= 4 is 46.5 Å². The third-order valence-electron chi connectivity index (χ3n) is 6.51. The number of methoxy groups -OCH3 is 1. The number of amides is 3. The Bertz CT molecular complexity index is 1600. The van der Waals surface area contributed by atoms with E-state index in [1.165, 1.54) is 16.7 Å². The normalized spacial score (nSPS) is 13.0. The van der Waals surface area contributed by atoms with Crippen LogP contribution < -0.4 is 20.3 Å². The monoisotopic (exact) mass is 563 g/mol. The molecule has 41 heavy (non-hydrogen) atoms. The van der Waals surface area contributed by atoms with Crippen LogP contribution in [-0.4, -0.2) is 24.8 Å². The van der Waals surface area contributed by atoms with Crippen molar-refractivity contribution in [3.63, 3.8) is 0 Å². The first-order valence-corrected chi connectivity index (χ1v) is 14.0. The number of ether oxygens (including phenoxy) is 1. The number of imide groups is 1. The SMILES string of the molecule is COc1ccc(C)cc1NC1=C(Sc2ccc(NC(=O)CCc3ccccc3)cc2)C(=O)N(c2ccccc2)C1=O. The molecule has 0 atom stereocenters.